The van der Waals surface area contributed by atoms with Crippen LogP contribution < -0.4 is 5.11 Å². The standard InChI is InChI=1S/C17H21NO2S/c1-4-5-6-13-12(3)14-9-11(2)7-8-15(14)18-17(13)21-10-16(19)20/h7-9H,4-6,10H2,1-3H3,(H,19,20)/p-1. The molecule has 0 bridgehead atoms. The van der Waals surface area contributed by atoms with Crippen molar-refractivity contribution in [2.75, 3.05) is 5.75 Å². The van der Waals surface area contributed by atoms with Gasteiger partial charge < -0.3 is 9.90 Å². The molecule has 0 amide bonds. The Balaban J connectivity index is 2.52. The van der Waals surface area contributed by atoms with Crippen LogP contribution in [0.25, 0.3) is 10.9 Å². The largest absolute Gasteiger partial charge is 0.549 e. The number of aliphatic carboxylic acids is 1. The maximum atomic E-state index is 10.7. The second kappa shape index (κ2) is 6.94. The lowest BCUT2D eigenvalue weighted by Crippen LogP contribution is -2.24. The third-order valence-electron chi connectivity index (χ3n) is 3.60. The summed E-state index contributed by atoms with van der Waals surface area (Å²) in [5.74, 6) is -1.10. The first kappa shape index (κ1) is 15.8. The number of thioether (sulfide) groups is 1. The zero-order valence-electron chi connectivity index (χ0n) is 12.7. The molecular weight excluding hydrogens is 282 g/mol. The summed E-state index contributed by atoms with van der Waals surface area (Å²) in [6.45, 7) is 6.34. The number of aryl methyl sites for hydroxylation is 2. The molecule has 0 aliphatic rings. The van der Waals surface area contributed by atoms with E-state index in [0.29, 0.717) is 0 Å². The zero-order valence-corrected chi connectivity index (χ0v) is 13.5. The number of hydrogen-bond acceptors (Lipinski definition) is 4. The van der Waals surface area contributed by atoms with Gasteiger partial charge in [-0.15, -0.1) is 11.8 Å². The van der Waals surface area contributed by atoms with E-state index in [0.717, 1.165) is 29.8 Å². The molecule has 0 aliphatic heterocycles. The molecule has 3 nitrogen and oxygen atoms in total. The highest BCUT2D eigenvalue weighted by molar-refractivity contribution is 7.99. The molecule has 0 saturated heterocycles. The molecule has 21 heavy (non-hydrogen) atoms. The van der Waals surface area contributed by atoms with Crippen LogP contribution in [0, 0.1) is 13.8 Å². The minimum absolute atomic E-state index is 0.0526. The topological polar surface area (TPSA) is 53.0 Å². The number of rotatable bonds is 6. The van der Waals surface area contributed by atoms with Crippen LogP contribution in [0.1, 0.15) is 36.5 Å². The van der Waals surface area contributed by atoms with Gasteiger partial charge in [-0.05, 0) is 49.9 Å². The summed E-state index contributed by atoms with van der Waals surface area (Å²) in [5.41, 5.74) is 4.54. The first-order valence-corrected chi connectivity index (χ1v) is 8.24. The third kappa shape index (κ3) is 3.76. The molecule has 112 valence electrons. The maximum absolute atomic E-state index is 10.7. The highest BCUT2D eigenvalue weighted by Crippen LogP contribution is 2.30. The Bertz CT molecular complexity index is 667. The van der Waals surface area contributed by atoms with Crippen LogP contribution in [-0.2, 0) is 11.2 Å². The number of nitrogens with zero attached hydrogens (tertiary/aromatic N) is 1. The summed E-state index contributed by atoms with van der Waals surface area (Å²) in [5, 5.41) is 12.7. The normalized spacial score (nSPS) is 11.0. The van der Waals surface area contributed by atoms with E-state index >= 15 is 0 Å². The highest BCUT2D eigenvalue weighted by Gasteiger charge is 2.12. The van der Waals surface area contributed by atoms with Crippen LogP contribution >= 0.6 is 11.8 Å². The Labute approximate surface area is 129 Å². The summed E-state index contributed by atoms with van der Waals surface area (Å²) >= 11 is 1.27. The second-order valence-electron chi connectivity index (χ2n) is 5.31. The fourth-order valence-corrected chi connectivity index (χ4v) is 3.29. The molecule has 2 rings (SSSR count). The minimum Gasteiger partial charge on any atom is -0.549 e. The van der Waals surface area contributed by atoms with E-state index in [1.807, 2.05) is 12.1 Å². The molecule has 0 fully saturated rings. The quantitative estimate of drug-likeness (QED) is 0.770. The molecule has 0 radical (unpaired) electrons. The van der Waals surface area contributed by atoms with Crippen molar-refractivity contribution >= 4 is 28.6 Å². The first-order chi connectivity index (χ1) is 10.0. The van der Waals surface area contributed by atoms with Gasteiger partial charge in [0, 0.05) is 11.1 Å². The molecule has 1 heterocycles. The zero-order chi connectivity index (χ0) is 15.4. The third-order valence-corrected chi connectivity index (χ3v) is 4.59. The Morgan fingerprint density at radius 3 is 2.76 bits per heavy atom. The average Bonchev–Trinajstić information content (AvgIpc) is 2.45. The average molecular weight is 302 g/mol. The first-order valence-electron chi connectivity index (χ1n) is 7.25. The lowest BCUT2D eigenvalue weighted by Gasteiger charge is -2.15. The van der Waals surface area contributed by atoms with Gasteiger partial charge in [-0.3, -0.25) is 0 Å². The van der Waals surface area contributed by atoms with E-state index in [9.17, 15) is 9.90 Å². The Hall–Kier alpha value is -1.55. The van der Waals surface area contributed by atoms with Gasteiger partial charge in [-0.25, -0.2) is 4.98 Å². The number of aromatic nitrogens is 1. The molecule has 0 unspecified atom stereocenters. The van der Waals surface area contributed by atoms with Gasteiger partial charge in [-0.1, -0.05) is 25.0 Å². The van der Waals surface area contributed by atoms with Crippen molar-refractivity contribution in [1.29, 1.82) is 0 Å². The smallest absolute Gasteiger partial charge is 0.101 e. The van der Waals surface area contributed by atoms with Gasteiger partial charge in [0.05, 0.1) is 11.5 Å². The van der Waals surface area contributed by atoms with Crippen molar-refractivity contribution in [3.05, 3.63) is 34.9 Å². The number of carboxylic acid groups (broad SMARTS) is 1. The van der Waals surface area contributed by atoms with Crippen LogP contribution in [0.5, 0.6) is 0 Å². The van der Waals surface area contributed by atoms with Crippen LogP contribution in [0.15, 0.2) is 23.2 Å². The molecule has 1 aromatic heterocycles. The molecule has 1 aromatic carbocycles. The number of carboxylic acids is 1. The van der Waals surface area contributed by atoms with Crippen molar-refractivity contribution < 1.29 is 9.90 Å². The molecule has 0 aliphatic carbocycles. The molecule has 0 spiro atoms. The fraction of sp³-hybridized carbons (Fsp3) is 0.412. The van der Waals surface area contributed by atoms with Crippen molar-refractivity contribution in [2.24, 2.45) is 0 Å². The Morgan fingerprint density at radius 1 is 1.33 bits per heavy atom. The number of carbonyl (C=O) groups excluding carboxylic acids is 1. The van der Waals surface area contributed by atoms with E-state index in [1.54, 1.807) is 0 Å². The Kier molecular flexibility index (Phi) is 5.23. The number of benzene rings is 1. The molecule has 4 heteroatoms. The summed E-state index contributed by atoms with van der Waals surface area (Å²) < 4.78 is 0. The van der Waals surface area contributed by atoms with Crippen LogP contribution in [0.2, 0.25) is 0 Å². The van der Waals surface area contributed by atoms with Crippen LogP contribution in [0.3, 0.4) is 0 Å². The number of carbonyl (C=O) groups is 1. The van der Waals surface area contributed by atoms with Gasteiger partial charge in [0.15, 0.2) is 0 Å². The van der Waals surface area contributed by atoms with Gasteiger partial charge in [0.25, 0.3) is 0 Å². The maximum Gasteiger partial charge on any atom is 0.101 e. The summed E-state index contributed by atoms with van der Waals surface area (Å²) in [6, 6.07) is 6.19. The minimum atomic E-state index is -1.05. The lowest BCUT2D eigenvalue weighted by molar-refractivity contribution is -0.301. The summed E-state index contributed by atoms with van der Waals surface area (Å²) in [6.07, 6.45) is 3.13. The predicted molar refractivity (Wildman–Crippen MR) is 85.6 cm³/mol. The molecular formula is C17H20NO2S-. The van der Waals surface area contributed by atoms with Crippen molar-refractivity contribution in [3.63, 3.8) is 0 Å². The van der Waals surface area contributed by atoms with Gasteiger partial charge in [-0.2, -0.15) is 0 Å². The molecule has 0 N–H and O–H groups in total. The fourth-order valence-electron chi connectivity index (χ4n) is 2.44. The predicted octanol–water partition coefficient (Wildman–Crippen LogP) is 3.04. The molecule has 0 atom stereocenters. The Morgan fingerprint density at radius 2 is 2.10 bits per heavy atom. The monoisotopic (exact) mass is 302 g/mol. The number of pyridine rings is 1. The van der Waals surface area contributed by atoms with Crippen molar-refractivity contribution in [2.45, 2.75) is 45.1 Å². The van der Waals surface area contributed by atoms with Gasteiger partial charge in [0.1, 0.15) is 5.03 Å². The van der Waals surface area contributed by atoms with E-state index in [4.69, 9.17) is 0 Å². The molecule has 0 saturated carbocycles. The summed E-state index contributed by atoms with van der Waals surface area (Å²) in [4.78, 5) is 15.4. The van der Waals surface area contributed by atoms with Crippen LogP contribution in [-0.4, -0.2) is 16.7 Å². The van der Waals surface area contributed by atoms with E-state index in [1.165, 1.54) is 33.8 Å². The highest BCUT2D eigenvalue weighted by atomic mass is 32.2. The number of unbranched alkanes of at least 4 members (excludes halogenated alkanes) is 1. The van der Waals surface area contributed by atoms with E-state index < -0.39 is 5.97 Å². The van der Waals surface area contributed by atoms with E-state index in [-0.39, 0.29) is 5.75 Å². The lowest BCUT2D eigenvalue weighted by atomic mass is 10.00. The number of fused-ring (bicyclic) bond motifs is 1. The van der Waals surface area contributed by atoms with Crippen molar-refractivity contribution in [1.82, 2.24) is 4.98 Å². The SMILES string of the molecule is CCCCc1c(SCC(=O)[O-])nc2ccc(C)cc2c1C. The van der Waals surface area contributed by atoms with Gasteiger partial charge in [0.2, 0.25) is 0 Å². The van der Waals surface area contributed by atoms with Crippen molar-refractivity contribution in [3.8, 4) is 0 Å². The molecule has 2 aromatic rings. The summed E-state index contributed by atoms with van der Waals surface area (Å²) in [7, 11) is 0. The number of hydrogen-bond donors (Lipinski definition) is 0. The second-order valence-corrected chi connectivity index (χ2v) is 6.27. The van der Waals surface area contributed by atoms with Crippen LogP contribution in [0.4, 0.5) is 0 Å². The van der Waals surface area contributed by atoms with E-state index in [2.05, 4.69) is 31.8 Å². The van der Waals surface area contributed by atoms with Gasteiger partial charge >= 0.3 is 0 Å².